The molecular formula is C13H17N3O. The number of H-pyrrole nitrogens is 1. The number of ether oxygens (including phenoxy) is 1. The molecule has 0 saturated heterocycles. The highest BCUT2D eigenvalue weighted by Gasteiger charge is 2.08. The maximum absolute atomic E-state index is 5.76. The van der Waals surface area contributed by atoms with Gasteiger partial charge in [0.1, 0.15) is 5.75 Å². The van der Waals surface area contributed by atoms with Crippen LogP contribution in [-0.2, 0) is 0 Å². The Balaban J connectivity index is 2.36. The molecule has 4 nitrogen and oxygen atoms in total. The van der Waals surface area contributed by atoms with Crippen molar-refractivity contribution in [3.63, 3.8) is 0 Å². The first-order chi connectivity index (χ1) is 8.35. The number of anilines is 1. The minimum Gasteiger partial charge on any atom is -0.493 e. The second kappa shape index (κ2) is 5.39. The molecule has 0 radical (unpaired) electrons. The fourth-order valence-electron chi connectivity index (χ4n) is 1.64. The molecule has 0 saturated carbocycles. The van der Waals surface area contributed by atoms with Crippen molar-refractivity contribution < 1.29 is 4.74 Å². The third kappa shape index (κ3) is 2.58. The van der Waals surface area contributed by atoms with E-state index in [-0.39, 0.29) is 0 Å². The fourth-order valence-corrected chi connectivity index (χ4v) is 1.64. The van der Waals surface area contributed by atoms with Gasteiger partial charge in [-0.25, -0.2) is 0 Å². The molecular weight excluding hydrogens is 214 g/mol. The highest BCUT2D eigenvalue weighted by atomic mass is 16.5. The molecule has 1 aromatic heterocycles. The zero-order valence-electron chi connectivity index (χ0n) is 10.2. The van der Waals surface area contributed by atoms with Crippen molar-refractivity contribution in [1.29, 1.82) is 0 Å². The lowest BCUT2D eigenvalue weighted by atomic mass is 10.1. The number of aromatic nitrogens is 2. The van der Waals surface area contributed by atoms with Crippen molar-refractivity contribution in [3.05, 3.63) is 30.5 Å². The molecule has 0 aliphatic heterocycles. The highest BCUT2D eigenvalue weighted by molar-refractivity contribution is 5.70. The number of benzene rings is 1. The van der Waals surface area contributed by atoms with Gasteiger partial charge in [0.05, 0.1) is 12.3 Å². The Morgan fingerprint density at radius 1 is 1.35 bits per heavy atom. The Hall–Kier alpha value is -1.97. The van der Waals surface area contributed by atoms with Crippen LogP contribution in [0.2, 0.25) is 0 Å². The largest absolute Gasteiger partial charge is 0.493 e. The molecule has 1 aromatic carbocycles. The number of nitrogens with one attached hydrogen (secondary N) is 2. The van der Waals surface area contributed by atoms with Gasteiger partial charge in [0.15, 0.2) is 0 Å². The van der Waals surface area contributed by atoms with Crippen LogP contribution in [0.25, 0.3) is 11.3 Å². The smallest absolute Gasteiger partial charge is 0.130 e. The molecule has 0 unspecified atom stereocenters. The molecule has 0 spiro atoms. The molecule has 0 atom stereocenters. The van der Waals surface area contributed by atoms with E-state index in [1.54, 1.807) is 6.20 Å². The lowest BCUT2D eigenvalue weighted by Crippen LogP contribution is -1.98. The lowest BCUT2D eigenvalue weighted by molar-refractivity contribution is 0.319. The Morgan fingerprint density at radius 3 is 2.88 bits per heavy atom. The zero-order valence-corrected chi connectivity index (χ0v) is 10.2. The minimum absolute atomic E-state index is 0.717. The Morgan fingerprint density at radius 2 is 2.24 bits per heavy atom. The molecule has 2 aromatic rings. The number of aromatic amines is 1. The summed E-state index contributed by atoms with van der Waals surface area (Å²) in [5, 5.41) is 10.0. The van der Waals surface area contributed by atoms with Gasteiger partial charge in [0.25, 0.3) is 0 Å². The van der Waals surface area contributed by atoms with Gasteiger partial charge < -0.3 is 10.1 Å². The van der Waals surface area contributed by atoms with Crippen LogP contribution in [0, 0.1) is 0 Å². The number of hydrogen-bond donors (Lipinski definition) is 2. The molecule has 1 heterocycles. The van der Waals surface area contributed by atoms with Gasteiger partial charge in [-0.05, 0) is 24.6 Å². The number of nitrogens with zero attached hydrogens (tertiary/aromatic N) is 1. The average Bonchev–Trinajstić information content (AvgIpc) is 2.89. The topological polar surface area (TPSA) is 49.9 Å². The van der Waals surface area contributed by atoms with E-state index in [1.807, 2.05) is 31.3 Å². The van der Waals surface area contributed by atoms with E-state index in [0.717, 1.165) is 29.1 Å². The first-order valence-corrected chi connectivity index (χ1v) is 5.79. The summed E-state index contributed by atoms with van der Waals surface area (Å²) in [6, 6.07) is 8.00. The van der Waals surface area contributed by atoms with Crippen LogP contribution in [0.5, 0.6) is 5.75 Å². The second-order valence-electron chi connectivity index (χ2n) is 3.78. The summed E-state index contributed by atoms with van der Waals surface area (Å²) in [5.74, 6) is 0.878. The summed E-state index contributed by atoms with van der Waals surface area (Å²) in [4.78, 5) is 0. The van der Waals surface area contributed by atoms with E-state index in [4.69, 9.17) is 4.74 Å². The Labute approximate surface area is 101 Å². The molecule has 0 fully saturated rings. The first-order valence-electron chi connectivity index (χ1n) is 5.79. The maximum atomic E-state index is 5.76. The van der Waals surface area contributed by atoms with Crippen LogP contribution in [0.1, 0.15) is 13.3 Å². The summed E-state index contributed by atoms with van der Waals surface area (Å²) in [7, 11) is 1.90. The van der Waals surface area contributed by atoms with Crippen molar-refractivity contribution in [2.75, 3.05) is 19.0 Å². The van der Waals surface area contributed by atoms with Crippen LogP contribution in [-0.4, -0.2) is 23.9 Å². The van der Waals surface area contributed by atoms with E-state index in [0.29, 0.717) is 6.61 Å². The molecule has 0 aliphatic rings. The van der Waals surface area contributed by atoms with E-state index in [1.165, 1.54) is 0 Å². The predicted octanol–water partition coefficient (Wildman–Crippen LogP) is 2.91. The van der Waals surface area contributed by atoms with Gasteiger partial charge in [-0.3, -0.25) is 5.10 Å². The van der Waals surface area contributed by atoms with Crippen LogP contribution < -0.4 is 10.1 Å². The van der Waals surface area contributed by atoms with Gasteiger partial charge in [0, 0.05) is 30.6 Å². The molecule has 17 heavy (non-hydrogen) atoms. The molecule has 0 bridgehead atoms. The molecule has 0 amide bonds. The van der Waals surface area contributed by atoms with Crippen molar-refractivity contribution in [2.45, 2.75) is 13.3 Å². The molecule has 2 rings (SSSR count). The number of hydrogen-bond acceptors (Lipinski definition) is 3. The van der Waals surface area contributed by atoms with Crippen molar-refractivity contribution in [3.8, 4) is 17.0 Å². The van der Waals surface area contributed by atoms with Crippen LogP contribution >= 0.6 is 0 Å². The Bertz CT molecular complexity index is 466. The van der Waals surface area contributed by atoms with Crippen LogP contribution in [0.15, 0.2) is 30.5 Å². The standard InChI is InChI=1S/C13H17N3O/c1-3-8-17-13-9-10(14-2)4-5-11(13)12-6-7-15-16-12/h4-7,9,14H,3,8H2,1-2H3,(H,15,16). The molecule has 4 heteroatoms. The first kappa shape index (κ1) is 11.5. The van der Waals surface area contributed by atoms with E-state index in [9.17, 15) is 0 Å². The lowest BCUT2D eigenvalue weighted by Gasteiger charge is -2.11. The average molecular weight is 231 g/mol. The normalized spacial score (nSPS) is 10.2. The third-order valence-corrected chi connectivity index (χ3v) is 2.52. The Kier molecular flexibility index (Phi) is 3.65. The monoisotopic (exact) mass is 231 g/mol. The maximum Gasteiger partial charge on any atom is 0.130 e. The fraction of sp³-hybridized carbons (Fsp3) is 0.308. The van der Waals surface area contributed by atoms with Gasteiger partial charge in [-0.1, -0.05) is 6.92 Å². The SMILES string of the molecule is CCCOc1cc(NC)ccc1-c1ccn[nH]1. The van der Waals surface area contributed by atoms with Gasteiger partial charge in [0.2, 0.25) is 0 Å². The van der Waals surface area contributed by atoms with Crippen molar-refractivity contribution in [2.24, 2.45) is 0 Å². The summed E-state index contributed by atoms with van der Waals surface area (Å²) in [6.07, 6.45) is 2.73. The highest BCUT2D eigenvalue weighted by Crippen LogP contribution is 2.31. The number of rotatable bonds is 5. The predicted molar refractivity (Wildman–Crippen MR) is 69.4 cm³/mol. The molecule has 2 N–H and O–H groups in total. The quantitative estimate of drug-likeness (QED) is 0.831. The molecule has 0 aliphatic carbocycles. The van der Waals surface area contributed by atoms with Crippen LogP contribution in [0.3, 0.4) is 0 Å². The van der Waals surface area contributed by atoms with Crippen molar-refractivity contribution >= 4 is 5.69 Å². The second-order valence-corrected chi connectivity index (χ2v) is 3.78. The third-order valence-electron chi connectivity index (χ3n) is 2.52. The summed E-state index contributed by atoms with van der Waals surface area (Å²) >= 11 is 0. The summed E-state index contributed by atoms with van der Waals surface area (Å²) in [6.45, 7) is 2.81. The molecule has 90 valence electrons. The van der Waals surface area contributed by atoms with Gasteiger partial charge in [-0.2, -0.15) is 5.10 Å². The van der Waals surface area contributed by atoms with Crippen molar-refractivity contribution in [1.82, 2.24) is 10.2 Å². The van der Waals surface area contributed by atoms with Gasteiger partial charge >= 0.3 is 0 Å². The van der Waals surface area contributed by atoms with E-state index >= 15 is 0 Å². The summed E-state index contributed by atoms with van der Waals surface area (Å²) in [5.41, 5.74) is 3.05. The van der Waals surface area contributed by atoms with Crippen LogP contribution in [0.4, 0.5) is 5.69 Å². The van der Waals surface area contributed by atoms with Gasteiger partial charge in [-0.15, -0.1) is 0 Å². The zero-order chi connectivity index (χ0) is 12.1. The summed E-state index contributed by atoms with van der Waals surface area (Å²) < 4.78 is 5.76. The van der Waals surface area contributed by atoms with E-state index < -0.39 is 0 Å². The minimum atomic E-state index is 0.717. The van der Waals surface area contributed by atoms with E-state index in [2.05, 4.69) is 22.4 Å².